The fourth-order valence-electron chi connectivity index (χ4n) is 5.21. The van der Waals surface area contributed by atoms with Gasteiger partial charge in [0.05, 0.1) is 30.8 Å². The van der Waals surface area contributed by atoms with E-state index in [1.165, 1.54) is 6.20 Å². The molecular weight excluding hydrogens is 469 g/mol. The molecule has 3 heterocycles. The van der Waals surface area contributed by atoms with E-state index in [0.717, 1.165) is 68.3 Å². The third kappa shape index (κ3) is 5.39. The first-order valence-corrected chi connectivity index (χ1v) is 12.9. The highest BCUT2D eigenvalue weighted by molar-refractivity contribution is 5.82. The zero-order chi connectivity index (χ0) is 26.1. The SMILES string of the molecule is C[C@@H]1CN(c2cc(F)c(-c3cccc(CN4CCOCC4)c3)cc2-c2ncc(N)c(N)n2)C[C@H](C)N1C. The quantitative estimate of drug-likeness (QED) is 0.544. The number of benzene rings is 2. The van der Waals surface area contributed by atoms with Crippen molar-refractivity contribution in [3.8, 4) is 22.5 Å². The average Bonchev–Trinajstić information content (AvgIpc) is 2.89. The summed E-state index contributed by atoms with van der Waals surface area (Å²) < 4.78 is 21.3. The smallest absolute Gasteiger partial charge is 0.163 e. The number of hydrogen-bond donors (Lipinski definition) is 2. The molecule has 4 N–H and O–H groups in total. The van der Waals surface area contributed by atoms with E-state index in [0.29, 0.717) is 29.2 Å². The fourth-order valence-corrected chi connectivity index (χ4v) is 5.21. The van der Waals surface area contributed by atoms with Crippen LogP contribution >= 0.6 is 0 Å². The van der Waals surface area contributed by atoms with Crippen LogP contribution in [0.5, 0.6) is 0 Å². The number of nitrogen functional groups attached to an aromatic ring is 2. The van der Waals surface area contributed by atoms with E-state index in [1.54, 1.807) is 6.07 Å². The van der Waals surface area contributed by atoms with E-state index in [9.17, 15) is 0 Å². The number of hydrogen-bond acceptors (Lipinski definition) is 8. The second-order valence-electron chi connectivity index (χ2n) is 10.2. The number of halogens is 1. The highest BCUT2D eigenvalue weighted by atomic mass is 19.1. The Bertz CT molecular complexity index is 1250. The largest absolute Gasteiger partial charge is 0.394 e. The first-order chi connectivity index (χ1) is 17.8. The Morgan fingerprint density at radius 2 is 1.76 bits per heavy atom. The first kappa shape index (κ1) is 25.4. The van der Waals surface area contributed by atoms with Gasteiger partial charge in [-0.2, -0.15) is 0 Å². The van der Waals surface area contributed by atoms with Gasteiger partial charge < -0.3 is 21.1 Å². The lowest BCUT2D eigenvalue weighted by atomic mass is 9.97. The number of likely N-dealkylation sites (N-methyl/N-ethyl adjacent to an activating group) is 1. The molecule has 3 aromatic rings. The molecule has 0 aliphatic carbocycles. The number of nitrogens with two attached hydrogens (primary N) is 2. The zero-order valence-electron chi connectivity index (χ0n) is 21.8. The van der Waals surface area contributed by atoms with Gasteiger partial charge in [0.15, 0.2) is 11.6 Å². The van der Waals surface area contributed by atoms with E-state index in [4.69, 9.17) is 16.2 Å². The summed E-state index contributed by atoms with van der Waals surface area (Å²) in [4.78, 5) is 15.9. The lowest BCUT2D eigenvalue weighted by Gasteiger charge is -2.44. The molecule has 2 aliphatic rings. The van der Waals surface area contributed by atoms with Crippen LogP contribution < -0.4 is 16.4 Å². The van der Waals surface area contributed by atoms with Gasteiger partial charge in [-0.1, -0.05) is 18.2 Å². The molecule has 2 aromatic carbocycles. The van der Waals surface area contributed by atoms with Gasteiger partial charge in [0.25, 0.3) is 0 Å². The Morgan fingerprint density at radius 1 is 1.03 bits per heavy atom. The number of ether oxygens (including phenoxy) is 1. The maximum Gasteiger partial charge on any atom is 0.163 e. The molecule has 196 valence electrons. The van der Waals surface area contributed by atoms with Gasteiger partial charge in [-0.15, -0.1) is 0 Å². The average molecular weight is 506 g/mol. The molecule has 0 saturated carbocycles. The van der Waals surface area contributed by atoms with Crippen molar-refractivity contribution in [2.45, 2.75) is 32.5 Å². The standard InChI is InChI=1S/C28H36FN7O/c1-18-15-36(16-19(2)34(18)3)26-13-24(29)22(12-23(26)28-32-14-25(30)27(31)33-28)21-6-4-5-20(11-21)17-35-7-9-37-10-8-35/h4-6,11-14,18-19H,7-10,15-17,30H2,1-3H3,(H2,31,32,33)/t18-,19+. The van der Waals surface area contributed by atoms with Crippen molar-refractivity contribution >= 4 is 17.2 Å². The van der Waals surface area contributed by atoms with Crippen molar-refractivity contribution in [1.29, 1.82) is 0 Å². The molecule has 9 heteroatoms. The van der Waals surface area contributed by atoms with Gasteiger partial charge >= 0.3 is 0 Å². The van der Waals surface area contributed by atoms with Gasteiger partial charge in [0.2, 0.25) is 0 Å². The lowest BCUT2D eigenvalue weighted by molar-refractivity contribution is 0.0342. The molecule has 0 bridgehead atoms. The third-order valence-electron chi connectivity index (χ3n) is 7.62. The number of rotatable bonds is 5. The minimum atomic E-state index is -0.273. The monoisotopic (exact) mass is 505 g/mol. The summed E-state index contributed by atoms with van der Waals surface area (Å²) in [5.41, 5.74) is 16.3. The van der Waals surface area contributed by atoms with Crippen LogP contribution in [-0.2, 0) is 11.3 Å². The van der Waals surface area contributed by atoms with E-state index in [2.05, 4.69) is 57.7 Å². The molecular formula is C28H36FN7O. The summed E-state index contributed by atoms with van der Waals surface area (Å²) in [6.45, 7) is 10.00. The van der Waals surface area contributed by atoms with Crippen molar-refractivity contribution in [3.05, 3.63) is 54.0 Å². The van der Waals surface area contributed by atoms with Gasteiger partial charge in [-0.05, 0) is 50.2 Å². The highest BCUT2D eigenvalue weighted by Crippen LogP contribution is 2.38. The molecule has 0 unspecified atom stereocenters. The minimum Gasteiger partial charge on any atom is -0.394 e. The van der Waals surface area contributed by atoms with Gasteiger partial charge in [0.1, 0.15) is 5.82 Å². The Balaban J connectivity index is 1.56. The van der Waals surface area contributed by atoms with Gasteiger partial charge in [-0.3, -0.25) is 9.80 Å². The van der Waals surface area contributed by atoms with Crippen LogP contribution in [0.15, 0.2) is 42.6 Å². The maximum absolute atomic E-state index is 15.8. The molecule has 0 spiro atoms. The molecule has 1 aromatic heterocycles. The van der Waals surface area contributed by atoms with Crippen LogP contribution in [0.3, 0.4) is 0 Å². The Labute approximate surface area is 218 Å². The predicted octanol–water partition coefficient (Wildman–Crippen LogP) is 3.48. The number of aromatic nitrogens is 2. The molecule has 2 aliphatic heterocycles. The Morgan fingerprint density at radius 3 is 2.46 bits per heavy atom. The van der Waals surface area contributed by atoms with E-state index < -0.39 is 0 Å². The van der Waals surface area contributed by atoms with Crippen molar-refractivity contribution in [3.63, 3.8) is 0 Å². The number of anilines is 3. The van der Waals surface area contributed by atoms with Crippen LogP contribution in [0.25, 0.3) is 22.5 Å². The molecule has 5 rings (SSSR count). The highest BCUT2D eigenvalue weighted by Gasteiger charge is 2.29. The summed E-state index contributed by atoms with van der Waals surface area (Å²) in [5, 5.41) is 0. The van der Waals surface area contributed by atoms with Crippen molar-refractivity contribution in [1.82, 2.24) is 19.8 Å². The normalized spacial score (nSPS) is 21.4. The first-order valence-electron chi connectivity index (χ1n) is 12.9. The van der Waals surface area contributed by atoms with Crippen LogP contribution in [0, 0.1) is 5.82 Å². The molecule has 0 amide bonds. The van der Waals surface area contributed by atoms with Crippen LogP contribution in [0.2, 0.25) is 0 Å². The zero-order valence-corrected chi connectivity index (χ0v) is 21.8. The lowest BCUT2D eigenvalue weighted by Crippen LogP contribution is -2.55. The van der Waals surface area contributed by atoms with E-state index in [1.807, 2.05) is 18.2 Å². The molecule has 8 nitrogen and oxygen atoms in total. The maximum atomic E-state index is 15.8. The summed E-state index contributed by atoms with van der Waals surface area (Å²) in [7, 11) is 2.13. The molecule has 2 saturated heterocycles. The van der Waals surface area contributed by atoms with Crippen LogP contribution in [-0.4, -0.2) is 78.3 Å². The Kier molecular flexibility index (Phi) is 7.28. The van der Waals surface area contributed by atoms with Gasteiger partial charge in [0, 0.05) is 55.9 Å². The number of nitrogens with zero attached hydrogens (tertiary/aromatic N) is 5. The third-order valence-corrected chi connectivity index (χ3v) is 7.62. The van der Waals surface area contributed by atoms with Crippen molar-refractivity contribution in [2.75, 3.05) is 62.8 Å². The summed E-state index contributed by atoms with van der Waals surface area (Å²) in [6, 6.07) is 12.2. The molecule has 2 fully saturated rings. The molecule has 37 heavy (non-hydrogen) atoms. The summed E-state index contributed by atoms with van der Waals surface area (Å²) in [5.74, 6) is 0.381. The van der Waals surface area contributed by atoms with Crippen LogP contribution in [0.1, 0.15) is 19.4 Å². The second-order valence-corrected chi connectivity index (χ2v) is 10.2. The van der Waals surface area contributed by atoms with E-state index in [-0.39, 0.29) is 11.6 Å². The minimum absolute atomic E-state index is 0.217. The molecule has 2 atom stereocenters. The van der Waals surface area contributed by atoms with E-state index >= 15 is 4.39 Å². The topological polar surface area (TPSA) is 96.8 Å². The number of morpholine rings is 1. The van der Waals surface area contributed by atoms with Crippen molar-refractivity contribution < 1.29 is 9.13 Å². The molecule has 0 radical (unpaired) electrons. The van der Waals surface area contributed by atoms with Crippen molar-refractivity contribution in [2.24, 2.45) is 0 Å². The summed E-state index contributed by atoms with van der Waals surface area (Å²) >= 11 is 0. The van der Waals surface area contributed by atoms with Crippen LogP contribution in [0.4, 0.5) is 21.6 Å². The fraction of sp³-hybridized carbons (Fsp3) is 0.429. The Hall–Kier alpha value is -3.27. The number of piperazine rings is 1. The second kappa shape index (κ2) is 10.6. The summed E-state index contributed by atoms with van der Waals surface area (Å²) in [6.07, 6.45) is 1.52. The predicted molar refractivity (Wildman–Crippen MR) is 147 cm³/mol. The van der Waals surface area contributed by atoms with Gasteiger partial charge in [-0.25, -0.2) is 14.4 Å².